The third-order valence-corrected chi connectivity index (χ3v) is 3.97. The van der Waals surface area contributed by atoms with Gasteiger partial charge in [0.1, 0.15) is 5.82 Å². The summed E-state index contributed by atoms with van der Waals surface area (Å²) in [6.45, 7) is 0. The lowest BCUT2D eigenvalue weighted by atomic mass is 10.1. The second kappa shape index (κ2) is 8.92. The summed E-state index contributed by atoms with van der Waals surface area (Å²) >= 11 is 5.88. The standard InChI is InChI=1S/C21H15ClFN3O2/c22-17-3-1-2-14(12-17)13-24-26-21(28)16-6-10-19(11-7-16)25-20(27)15-4-8-18(23)9-5-15/h1-13H,(H,25,27)(H,26,28)/b24-13+. The first-order valence-electron chi connectivity index (χ1n) is 8.27. The molecule has 28 heavy (non-hydrogen) atoms. The van der Waals surface area contributed by atoms with Crippen LogP contribution >= 0.6 is 11.6 Å². The smallest absolute Gasteiger partial charge is 0.271 e. The van der Waals surface area contributed by atoms with Gasteiger partial charge in [0, 0.05) is 21.8 Å². The van der Waals surface area contributed by atoms with Gasteiger partial charge in [-0.25, -0.2) is 9.82 Å². The molecule has 3 aromatic rings. The van der Waals surface area contributed by atoms with Gasteiger partial charge in [-0.2, -0.15) is 5.10 Å². The molecule has 0 aliphatic heterocycles. The lowest BCUT2D eigenvalue weighted by molar-refractivity contribution is 0.0954. The summed E-state index contributed by atoms with van der Waals surface area (Å²) in [6.07, 6.45) is 1.49. The quantitative estimate of drug-likeness (QED) is 0.493. The highest BCUT2D eigenvalue weighted by atomic mass is 35.5. The number of benzene rings is 3. The maximum absolute atomic E-state index is 12.9. The minimum atomic E-state index is -0.412. The van der Waals surface area contributed by atoms with Crippen molar-refractivity contribution in [3.05, 3.63) is 100 Å². The number of anilines is 1. The largest absolute Gasteiger partial charge is 0.322 e. The minimum Gasteiger partial charge on any atom is -0.322 e. The van der Waals surface area contributed by atoms with E-state index in [1.165, 1.54) is 30.5 Å². The van der Waals surface area contributed by atoms with E-state index in [-0.39, 0.29) is 5.91 Å². The molecule has 0 atom stereocenters. The normalized spacial score (nSPS) is 10.6. The number of hydrogen-bond donors (Lipinski definition) is 2. The molecule has 3 rings (SSSR count). The molecule has 140 valence electrons. The van der Waals surface area contributed by atoms with E-state index in [0.717, 1.165) is 5.56 Å². The Morgan fingerprint density at radius 1 is 0.893 bits per heavy atom. The fourth-order valence-electron chi connectivity index (χ4n) is 2.33. The van der Waals surface area contributed by atoms with Crippen molar-refractivity contribution < 1.29 is 14.0 Å². The fourth-order valence-corrected chi connectivity index (χ4v) is 2.53. The average molecular weight is 396 g/mol. The van der Waals surface area contributed by atoms with Crippen molar-refractivity contribution in [1.82, 2.24) is 5.43 Å². The zero-order valence-corrected chi connectivity index (χ0v) is 15.3. The molecule has 2 amide bonds. The number of hydrogen-bond acceptors (Lipinski definition) is 3. The van der Waals surface area contributed by atoms with Gasteiger partial charge in [-0.1, -0.05) is 23.7 Å². The SMILES string of the molecule is O=C(N/N=C/c1cccc(Cl)c1)c1ccc(NC(=O)c2ccc(F)cc2)cc1. The van der Waals surface area contributed by atoms with E-state index in [4.69, 9.17) is 11.6 Å². The van der Waals surface area contributed by atoms with Crippen LogP contribution in [-0.4, -0.2) is 18.0 Å². The van der Waals surface area contributed by atoms with Gasteiger partial charge >= 0.3 is 0 Å². The van der Waals surface area contributed by atoms with Gasteiger partial charge in [-0.3, -0.25) is 9.59 Å². The summed E-state index contributed by atoms with van der Waals surface area (Å²) in [4.78, 5) is 24.2. The molecule has 0 aliphatic carbocycles. The monoisotopic (exact) mass is 395 g/mol. The second-order valence-electron chi connectivity index (χ2n) is 5.79. The number of nitrogens with zero attached hydrogens (tertiary/aromatic N) is 1. The zero-order valence-electron chi connectivity index (χ0n) is 14.5. The van der Waals surface area contributed by atoms with Gasteiger partial charge in [-0.15, -0.1) is 0 Å². The predicted molar refractivity (Wildman–Crippen MR) is 107 cm³/mol. The average Bonchev–Trinajstić information content (AvgIpc) is 2.69. The summed E-state index contributed by atoms with van der Waals surface area (Å²) in [5.41, 5.74) is 4.40. The highest BCUT2D eigenvalue weighted by Crippen LogP contribution is 2.12. The van der Waals surface area contributed by atoms with Crippen LogP contribution in [0, 0.1) is 5.82 Å². The second-order valence-corrected chi connectivity index (χ2v) is 6.23. The third kappa shape index (κ3) is 5.25. The van der Waals surface area contributed by atoms with Crippen molar-refractivity contribution in [3.8, 4) is 0 Å². The van der Waals surface area contributed by atoms with Gasteiger partial charge in [0.05, 0.1) is 6.21 Å². The predicted octanol–water partition coefficient (Wildman–Crippen LogP) is 4.50. The van der Waals surface area contributed by atoms with E-state index in [0.29, 0.717) is 21.8 Å². The van der Waals surface area contributed by atoms with Gasteiger partial charge in [0.25, 0.3) is 11.8 Å². The number of amides is 2. The topological polar surface area (TPSA) is 70.6 Å². The summed E-state index contributed by atoms with van der Waals surface area (Å²) in [5, 5.41) is 7.15. The van der Waals surface area contributed by atoms with Crippen LogP contribution in [0.1, 0.15) is 26.3 Å². The van der Waals surface area contributed by atoms with Crippen molar-refractivity contribution >= 4 is 35.3 Å². The number of rotatable bonds is 5. The van der Waals surface area contributed by atoms with E-state index >= 15 is 0 Å². The Kier molecular flexibility index (Phi) is 6.14. The van der Waals surface area contributed by atoms with Crippen LogP contribution in [0.25, 0.3) is 0 Å². The summed E-state index contributed by atoms with van der Waals surface area (Å²) in [6, 6.07) is 18.6. The summed E-state index contributed by atoms with van der Waals surface area (Å²) < 4.78 is 12.9. The first kappa shape index (κ1) is 19.3. The van der Waals surface area contributed by atoms with Crippen LogP contribution in [0.15, 0.2) is 77.9 Å². The Bertz CT molecular complexity index is 1020. The number of carbonyl (C=O) groups excluding carboxylic acids is 2. The van der Waals surface area contributed by atoms with Crippen molar-refractivity contribution in [1.29, 1.82) is 0 Å². The highest BCUT2D eigenvalue weighted by Gasteiger charge is 2.08. The Hall–Kier alpha value is -3.51. The van der Waals surface area contributed by atoms with Crippen LogP contribution < -0.4 is 10.7 Å². The van der Waals surface area contributed by atoms with E-state index in [2.05, 4.69) is 15.8 Å². The van der Waals surface area contributed by atoms with Crippen LogP contribution in [-0.2, 0) is 0 Å². The molecule has 0 fully saturated rings. The number of carbonyl (C=O) groups is 2. The van der Waals surface area contributed by atoms with Crippen LogP contribution in [0.2, 0.25) is 5.02 Å². The van der Waals surface area contributed by atoms with E-state index < -0.39 is 11.7 Å². The Morgan fingerprint density at radius 3 is 2.21 bits per heavy atom. The van der Waals surface area contributed by atoms with Crippen molar-refractivity contribution in [2.45, 2.75) is 0 Å². The summed E-state index contributed by atoms with van der Waals surface area (Å²) in [7, 11) is 0. The molecular weight excluding hydrogens is 381 g/mol. The molecule has 2 N–H and O–H groups in total. The maximum atomic E-state index is 12.9. The van der Waals surface area contributed by atoms with Crippen LogP contribution in [0.4, 0.5) is 10.1 Å². The molecule has 0 bridgehead atoms. The molecule has 0 saturated carbocycles. The number of hydrazone groups is 1. The number of halogens is 2. The molecular formula is C21H15ClFN3O2. The minimum absolute atomic E-state index is 0.332. The molecule has 3 aromatic carbocycles. The lowest BCUT2D eigenvalue weighted by Gasteiger charge is -2.06. The maximum Gasteiger partial charge on any atom is 0.271 e. The highest BCUT2D eigenvalue weighted by molar-refractivity contribution is 6.30. The molecule has 0 unspecified atom stereocenters. The van der Waals surface area contributed by atoms with Crippen molar-refractivity contribution in [2.24, 2.45) is 5.10 Å². The zero-order chi connectivity index (χ0) is 19.9. The lowest BCUT2D eigenvalue weighted by Crippen LogP contribution is -2.17. The molecule has 0 aliphatic rings. The molecule has 0 aromatic heterocycles. The fraction of sp³-hybridized carbons (Fsp3) is 0. The summed E-state index contributed by atoms with van der Waals surface area (Å²) in [5.74, 6) is -1.18. The molecule has 0 radical (unpaired) electrons. The molecule has 0 spiro atoms. The van der Waals surface area contributed by atoms with Crippen molar-refractivity contribution in [2.75, 3.05) is 5.32 Å². The first-order valence-corrected chi connectivity index (χ1v) is 8.65. The van der Waals surface area contributed by atoms with E-state index in [1.807, 2.05) is 0 Å². The first-order chi connectivity index (χ1) is 13.5. The Balaban J connectivity index is 1.58. The Morgan fingerprint density at radius 2 is 1.54 bits per heavy atom. The van der Waals surface area contributed by atoms with E-state index in [1.54, 1.807) is 48.5 Å². The van der Waals surface area contributed by atoms with Gasteiger partial charge in [-0.05, 0) is 66.2 Å². The molecule has 0 heterocycles. The Labute approximate surface area is 165 Å². The molecule has 5 nitrogen and oxygen atoms in total. The van der Waals surface area contributed by atoms with Gasteiger partial charge < -0.3 is 5.32 Å². The van der Waals surface area contributed by atoms with Crippen LogP contribution in [0.5, 0.6) is 0 Å². The van der Waals surface area contributed by atoms with E-state index in [9.17, 15) is 14.0 Å². The van der Waals surface area contributed by atoms with Gasteiger partial charge in [0.2, 0.25) is 0 Å². The third-order valence-electron chi connectivity index (χ3n) is 3.74. The van der Waals surface area contributed by atoms with Crippen molar-refractivity contribution in [3.63, 3.8) is 0 Å². The van der Waals surface area contributed by atoms with Crippen LogP contribution in [0.3, 0.4) is 0 Å². The number of nitrogens with one attached hydrogen (secondary N) is 2. The molecule has 0 saturated heterocycles. The van der Waals surface area contributed by atoms with Gasteiger partial charge in [0.15, 0.2) is 0 Å². The molecule has 7 heteroatoms.